The molecular formula is C11H17NO2. The Hall–Kier alpha value is -1.06. The van der Waals surface area contributed by atoms with Gasteiger partial charge in [-0.1, -0.05) is 6.07 Å². The van der Waals surface area contributed by atoms with Crippen LogP contribution in [0.15, 0.2) is 18.2 Å². The van der Waals surface area contributed by atoms with Crippen LogP contribution in [0.2, 0.25) is 0 Å². The Bertz CT molecular complexity index is 297. The Morgan fingerprint density at radius 2 is 2.00 bits per heavy atom. The fourth-order valence-corrected chi connectivity index (χ4v) is 1.32. The Balaban J connectivity index is 3.00. The Labute approximate surface area is 84.8 Å². The maximum atomic E-state index is 5.81. The summed E-state index contributed by atoms with van der Waals surface area (Å²) in [6.45, 7) is 2.53. The predicted octanol–water partition coefficient (Wildman–Crippen LogP) is 1.86. The topological polar surface area (TPSA) is 44.5 Å². The van der Waals surface area contributed by atoms with Gasteiger partial charge < -0.3 is 15.2 Å². The molecule has 0 saturated carbocycles. The fourth-order valence-electron chi connectivity index (χ4n) is 1.32. The van der Waals surface area contributed by atoms with E-state index in [1.807, 2.05) is 25.1 Å². The van der Waals surface area contributed by atoms with Crippen molar-refractivity contribution in [1.29, 1.82) is 0 Å². The van der Waals surface area contributed by atoms with Crippen molar-refractivity contribution in [3.8, 4) is 5.75 Å². The largest absolute Gasteiger partial charge is 0.497 e. The second-order valence-electron chi connectivity index (χ2n) is 3.34. The van der Waals surface area contributed by atoms with Gasteiger partial charge in [0.15, 0.2) is 0 Å². The molecule has 14 heavy (non-hydrogen) atoms. The van der Waals surface area contributed by atoms with Crippen molar-refractivity contribution in [2.75, 3.05) is 14.2 Å². The highest BCUT2D eigenvalue weighted by Gasteiger charge is 2.04. The van der Waals surface area contributed by atoms with E-state index in [-0.39, 0.29) is 6.04 Å². The van der Waals surface area contributed by atoms with E-state index in [4.69, 9.17) is 15.2 Å². The lowest BCUT2D eigenvalue weighted by Crippen LogP contribution is -2.06. The molecule has 3 nitrogen and oxygen atoms in total. The molecule has 0 spiro atoms. The number of methoxy groups -OCH3 is 2. The van der Waals surface area contributed by atoms with Crippen molar-refractivity contribution >= 4 is 0 Å². The molecule has 2 N–H and O–H groups in total. The highest BCUT2D eigenvalue weighted by molar-refractivity contribution is 5.35. The van der Waals surface area contributed by atoms with Gasteiger partial charge in [0.05, 0.1) is 13.7 Å². The van der Waals surface area contributed by atoms with Crippen molar-refractivity contribution in [1.82, 2.24) is 0 Å². The van der Waals surface area contributed by atoms with Gasteiger partial charge in [-0.3, -0.25) is 0 Å². The quantitative estimate of drug-likeness (QED) is 0.797. The van der Waals surface area contributed by atoms with Gasteiger partial charge in [0.2, 0.25) is 0 Å². The third-order valence-corrected chi connectivity index (χ3v) is 2.06. The van der Waals surface area contributed by atoms with Gasteiger partial charge in [-0.25, -0.2) is 0 Å². The molecule has 0 radical (unpaired) electrons. The molecule has 0 aromatic heterocycles. The van der Waals surface area contributed by atoms with Crippen molar-refractivity contribution in [3.05, 3.63) is 29.3 Å². The molecule has 3 heteroatoms. The van der Waals surface area contributed by atoms with Crippen LogP contribution in [0, 0.1) is 0 Å². The van der Waals surface area contributed by atoms with Crippen molar-refractivity contribution in [3.63, 3.8) is 0 Å². The average Bonchev–Trinajstić information content (AvgIpc) is 2.17. The molecule has 0 amide bonds. The number of hydrogen-bond donors (Lipinski definition) is 1. The van der Waals surface area contributed by atoms with Crippen LogP contribution in [0.25, 0.3) is 0 Å². The molecule has 0 heterocycles. The Kier molecular flexibility index (Phi) is 3.92. The SMILES string of the molecule is COCc1cc(OC)cc(C(C)N)c1. The maximum absolute atomic E-state index is 5.81. The van der Waals surface area contributed by atoms with Crippen LogP contribution in [0.4, 0.5) is 0 Å². The number of benzene rings is 1. The summed E-state index contributed by atoms with van der Waals surface area (Å²) < 4.78 is 10.2. The van der Waals surface area contributed by atoms with E-state index in [1.54, 1.807) is 14.2 Å². The second kappa shape index (κ2) is 4.98. The minimum atomic E-state index is 0.0145. The molecule has 1 rings (SSSR count). The van der Waals surface area contributed by atoms with Crippen molar-refractivity contribution in [2.45, 2.75) is 19.6 Å². The van der Waals surface area contributed by atoms with Gasteiger partial charge in [-0.2, -0.15) is 0 Å². The molecule has 1 unspecified atom stereocenters. The van der Waals surface area contributed by atoms with E-state index in [9.17, 15) is 0 Å². The first kappa shape index (κ1) is 11.0. The van der Waals surface area contributed by atoms with Gasteiger partial charge >= 0.3 is 0 Å². The molecule has 1 aromatic carbocycles. The summed E-state index contributed by atoms with van der Waals surface area (Å²) in [5, 5.41) is 0. The molecule has 1 atom stereocenters. The van der Waals surface area contributed by atoms with Gasteiger partial charge in [-0.15, -0.1) is 0 Å². The summed E-state index contributed by atoms with van der Waals surface area (Å²) in [5.74, 6) is 0.826. The summed E-state index contributed by atoms with van der Waals surface area (Å²) >= 11 is 0. The number of rotatable bonds is 4. The Morgan fingerprint density at radius 1 is 1.29 bits per heavy atom. The van der Waals surface area contributed by atoms with Crippen LogP contribution in [0.1, 0.15) is 24.1 Å². The van der Waals surface area contributed by atoms with Crippen LogP contribution < -0.4 is 10.5 Å². The van der Waals surface area contributed by atoms with Crippen molar-refractivity contribution < 1.29 is 9.47 Å². The lowest BCUT2D eigenvalue weighted by atomic mass is 10.1. The lowest BCUT2D eigenvalue weighted by molar-refractivity contribution is 0.184. The molecule has 0 fully saturated rings. The van der Waals surface area contributed by atoms with E-state index in [1.165, 1.54) is 0 Å². The molecule has 0 aliphatic heterocycles. The summed E-state index contributed by atoms with van der Waals surface area (Å²) in [6, 6.07) is 5.95. The first-order valence-electron chi connectivity index (χ1n) is 4.59. The fraction of sp³-hybridized carbons (Fsp3) is 0.455. The molecule has 0 aliphatic rings. The first-order chi connectivity index (χ1) is 6.67. The minimum absolute atomic E-state index is 0.0145. The van der Waals surface area contributed by atoms with E-state index in [2.05, 4.69) is 0 Å². The van der Waals surface area contributed by atoms with E-state index < -0.39 is 0 Å². The third kappa shape index (κ3) is 2.72. The summed E-state index contributed by atoms with van der Waals surface area (Å²) in [5.41, 5.74) is 7.95. The van der Waals surface area contributed by atoms with Crippen LogP contribution in [0.3, 0.4) is 0 Å². The van der Waals surface area contributed by atoms with E-state index in [0.29, 0.717) is 6.61 Å². The smallest absolute Gasteiger partial charge is 0.119 e. The highest BCUT2D eigenvalue weighted by atomic mass is 16.5. The second-order valence-corrected chi connectivity index (χ2v) is 3.34. The van der Waals surface area contributed by atoms with Crippen molar-refractivity contribution in [2.24, 2.45) is 5.73 Å². The van der Waals surface area contributed by atoms with Crippen LogP contribution in [-0.2, 0) is 11.3 Å². The summed E-state index contributed by atoms with van der Waals surface area (Å²) in [6.07, 6.45) is 0. The van der Waals surface area contributed by atoms with E-state index in [0.717, 1.165) is 16.9 Å². The van der Waals surface area contributed by atoms with Crippen LogP contribution in [0.5, 0.6) is 5.75 Å². The average molecular weight is 195 g/mol. The third-order valence-electron chi connectivity index (χ3n) is 2.06. The normalized spacial score (nSPS) is 12.6. The van der Waals surface area contributed by atoms with E-state index >= 15 is 0 Å². The summed E-state index contributed by atoms with van der Waals surface area (Å²) in [4.78, 5) is 0. The lowest BCUT2D eigenvalue weighted by Gasteiger charge is -2.10. The van der Waals surface area contributed by atoms with Gasteiger partial charge in [0.25, 0.3) is 0 Å². The van der Waals surface area contributed by atoms with Gasteiger partial charge in [0.1, 0.15) is 5.75 Å². The molecule has 1 aromatic rings. The highest BCUT2D eigenvalue weighted by Crippen LogP contribution is 2.21. The minimum Gasteiger partial charge on any atom is -0.497 e. The van der Waals surface area contributed by atoms with Gasteiger partial charge in [0, 0.05) is 13.2 Å². The molecule has 78 valence electrons. The van der Waals surface area contributed by atoms with Crippen LogP contribution >= 0.6 is 0 Å². The maximum Gasteiger partial charge on any atom is 0.119 e. The Morgan fingerprint density at radius 3 is 2.50 bits per heavy atom. The van der Waals surface area contributed by atoms with Gasteiger partial charge in [-0.05, 0) is 30.2 Å². The zero-order valence-corrected chi connectivity index (χ0v) is 8.91. The standard InChI is InChI=1S/C11H17NO2/c1-8(12)10-4-9(7-13-2)5-11(6-10)14-3/h4-6,8H,7,12H2,1-3H3. The number of hydrogen-bond acceptors (Lipinski definition) is 3. The summed E-state index contributed by atoms with van der Waals surface area (Å²) in [7, 11) is 3.32. The zero-order valence-electron chi connectivity index (χ0n) is 8.91. The molecule has 0 saturated heterocycles. The first-order valence-corrected chi connectivity index (χ1v) is 4.59. The molecule has 0 bridgehead atoms. The monoisotopic (exact) mass is 195 g/mol. The zero-order chi connectivity index (χ0) is 10.6. The number of ether oxygens (including phenoxy) is 2. The molecule has 0 aliphatic carbocycles. The van der Waals surface area contributed by atoms with Crippen LogP contribution in [-0.4, -0.2) is 14.2 Å². The predicted molar refractivity (Wildman–Crippen MR) is 56.3 cm³/mol. The molecular weight excluding hydrogens is 178 g/mol. The number of nitrogens with two attached hydrogens (primary N) is 1.